The van der Waals surface area contributed by atoms with Crippen molar-refractivity contribution in [1.29, 1.82) is 0 Å². The molecule has 1 amide bonds. The van der Waals surface area contributed by atoms with E-state index in [4.69, 9.17) is 4.74 Å². The molecular weight excluding hydrogens is 449 g/mol. The normalized spacial score (nSPS) is 21.4. The molecule has 0 spiro atoms. The predicted molar refractivity (Wildman–Crippen MR) is 114 cm³/mol. The molecule has 5 rings (SSSR count). The standard InChI is InChI=1S/C24H21F3N4O3/c1-30-14-28-29-21(30)9-23(12-34-13-23)18-4-2-3-15(6-18)5-17-8-20-19(24(25,26)27)7-16(11-32)10-31(20)22(17)33/h2-4,6-8,10-11,14,17H,5,9,12-13H2,1H3. The molecule has 10 heteroatoms. The van der Waals surface area contributed by atoms with Gasteiger partial charge in [0.25, 0.3) is 0 Å². The van der Waals surface area contributed by atoms with E-state index in [9.17, 15) is 22.8 Å². The number of hydrogen-bond acceptors (Lipinski definition) is 5. The number of benzene rings is 1. The van der Waals surface area contributed by atoms with E-state index >= 15 is 0 Å². The SMILES string of the molecule is Cn1cnnc1CC1(c2cccc(CC3C=C4C(C(F)(F)F)=CC(C=O)=CN4C3=O)c2)COC1. The van der Waals surface area contributed by atoms with Crippen LogP contribution in [-0.4, -0.2) is 51.2 Å². The van der Waals surface area contributed by atoms with Gasteiger partial charge in [0, 0.05) is 30.7 Å². The number of hydrogen-bond donors (Lipinski definition) is 0. The number of aryl methyl sites for hydroxylation is 1. The molecule has 1 unspecified atom stereocenters. The number of allylic oxidation sites excluding steroid dienone is 3. The fourth-order valence-electron chi connectivity index (χ4n) is 4.63. The van der Waals surface area contributed by atoms with E-state index in [0.29, 0.717) is 25.9 Å². The van der Waals surface area contributed by atoms with Crippen LogP contribution in [0.4, 0.5) is 13.2 Å². The van der Waals surface area contributed by atoms with Gasteiger partial charge < -0.3 is 9.30 Å². The van der Waals surface area contributed by atoms with Gasteiger partial charge in [0.05, 0.1) is 30.4 Å². The molecule has 1 aromatic carbocycles. The van der Waals surface area contributed by atoms with Crippen molar-refractivity contribution in [2.75, 3.05) is 13.2 Å². The van der Waals surface area contributed by atoms with Crippen LogP contribution in [0.25, 0.3) is 0 Å². The number of carbonyl (C=O) groups excluding carboxylic acids is 2. The summed E-state index contributed by atoms with van der Waals surface area (Å²) in [6.07, 6.45) is 1.42. The smallest absolute Gasteiger partial charge is 0.379 e. The lowest BCUT2D eigenvalue weighted by molar-refractivity contribution is -0.128. The van der Waals surface area contributed by atoms with Gasteiger partial charge in [0.1, 0.15) is 12.2 Å². The van der Waals surface area contributed by atoms with Crippen molar-refractivity contribution >= 4 is 12.2 Å². The van der Waals surface area contributed by atoms with E-state index in [-0.39, 0.29) is 23.1 Å². The van der Waals surface area contributed by atoms with Gasteiger partial charge in [0.2, 0.25) is 5.91 Å². The van der Waals surface area contributed by atoms with Crippen LogP contribution >= 0.6 is 0 Å². The average Bonchev–Trinajstić information content (AvgIpc) is 3.32. The molecule has 0 N–H and O–H groups in total. The Kier molecular flexibility index (Phi) is 5.27. The van der Waals surface area contributed by atoms with Crippen LogP contribution in [0.2, 0.25) is 0 Å². The molecular formula is C24H21F3N4O3. The third-order valence-corrected chi connectivity index (χ3v) is 6.53. The Hall–Kier alpha value is -3.53. The number of aldehydes is 1. The lowest BCUT2D eigenvalue weighted by atomic mass is 9.75. The number of alkyl halides is 3. The summed E-state index contributed by atoms with van der Waals surface area (Å²) >= 11 is 0. The van der Waals surface area contributed by atoms with Crippen molar-refractivity contribution in [1.82, 2.24) is 19.7 Å². The first-order valence-corrected chi connectivity index (χ1v) is 10.7. The summed E-state index contributed by atoms with van der Waals surface area (Å²) < 4.78 is 48.1. The summed E-state index contributed by atoms with van der Waals surface area (Å²) in [4.78, 5) is 25.0. The molecule has 0 saturated carbocycles. The minimum atomic E-state index is -4.68. The third kappa shape index (κ3) is 3.77. The van der Waals surface area contributed by atoms with Crippen LogP contribution in [0.1, 0.15) is 17.0 Å². The molecule has 2 aromatic rings. The second kappa shape index (κ2) is 8.05. The van der Waals surface area contributed by atoms with Crippen LogP contribution in [0.15, 0.2) is 65.8 Å². The third-order valence-electron chi connectivity index (χ3n) is 6.53. The highest BCUT2D eigenvalue weighted by Gasteiger charge is 2.45. The number of rotatable bonds is 6. The number of carbonyl (C=O) groups is 2. The zero-order chi connectivity index (χ0) is 24.1. The van der Waals surface area contributed by atoms with Crippen LogP contribution in [0.3, 0.4) is 0 Å². The van der Waals surface area contributed by atoms with Crippen molar-refractivity contribution in [3.05, 3.63) is 82.7 Å². The van der Waals surface area contributed by atoms with E-state index in [2.05, 4.69) is 10.2 Å². The second-order valence-corrected chi connectivity index (χ2v) is 8.88. The summed E-state index contributed by atoms with van der Waals surface area (Å²) in [5.74, 6) is -0.438. The van der Waals surface area contributed by atoms with Gasteiger partial charge in [-0.1, -0.05) is 24.3 Å². The quantitative estimate of drug-likeness (QED) is 0.607. The molecule has 1 aromatic heterocycles. The van der Waals surface area contributed by atoms with Gasteiger partial charge in [-0.15, -0.1) is 10.2 Å². The van der Waals surface area contributed by atoms with Gasteiger partial charge in [-0.3, -0.25) is 14.5 Å². The largest absolute Gasteiger partial charge is 0.418 e. The topological polar surface area (TPSA) is 77.3 Å². The van der Waals surface area contributed by atoms with Gasteiger partial charge in [-0.2, -0.15) is 13.2 Å². The van der Waals surface area contributed by atoms with E-state index < -0.39 is 23.6 Å². The van der Waals surface area contributed by atoms with E-state index in [1.807, 2.05) is 35.9 Å². The first kappa shape index (κ1) is 22.3. The second-order valence-electron chi connectivity index (χ2n) is 8.88. The summed E-state index contributed by atoms with van der Waals surface area (Å²) in [5, 5.41) is 8.11. The molecule has 7 nitrogen and oxygen atoms in total. The van der Waals surface area contributed by atoms with E-state index in [0.717, 1.165) is 34.1 Å². The molecule has 0 aliphatic carbocycles. The molecule has 0 radical (unpaired) electrons. The first-order chi connectivity index (χ1) is 16.2. The maximum absolute atomic E-state index is 13.6. The summed E-state index contributed by atoms with van der Waals surface area (Å²) in [5.41, 5.74) is 0.158. The molecule has 4 heterocycles. The first-order valence-electron chi connectivity index (χ1n) is 10.7. The number of halogens is 3. The number of aromatic nitrogens is 3. The van der Waals surface area contributed by atoms with Crippen LogP contribution in [0.5, 0.6) is 0 Å². The van der Waals surface area contributed by atoms with Gasteiger partial charge in [-0.25, -0.2) is 0 Å². The Morgan fingerprint density at radius 3 is 2.71 bits per heavy atom. The fraction of sp³-hybridized carbons (Fsp3) is 0.333. The van der Waals surface area contributed by atoms with Gasteiger partial charge in [0.15, 0.2) is 6.29 Å². The van der Waals surface area contributed by atoms with E-state index in [1.54, 1.807) is 6.33 Å². The van der Waals surface area contributed by atoms with Gasteiger partial charge >= 0.3 is 6.18 Å². The maximum atomic E-state index is 13.6. The van der Waals surface area contributed by atoms with Gasteiger partial charge in [-0.05, 0) is 29.7 Å². The Bertz CT molecular complexity index is 1250. The summed E-state index contributed by atoms with van der Waals surface area (Å²) in [7, 11) is 1.88. The zero-order valence-corrected chi connectivity index (χ0v) is 18.2. The Morgan fingerprint density at radius 1 is 1.29 bits per heavy atom. The number of ether oxygens (including phenoxy) is 1. The summed E-state index contributed by atoms with van der Waals surface area (Å²) in [6.45, 7) is 1.03. The molecule has 3 aliphatic rings. The minimum Gasteiger partial charge on any atom is -0.379 e. The van der Waals surface area contributed by atoms with Crippen molar-refractivity contribution in [2.45, 2.75) is 24.4 Å². The zero-order valence-electron chi connectivity index (χ0n) is 18.2. The molecule has 3 aliphatic heterocycles. The molecule has 1 saturated heterocycles. The maximum Gasteiger partial charge on any atom is 0.418 e. The van der Waals surface area contributed by atoms with Crippen molar-refractivity contribution in [3.63, 3.8) is 0 Å². The number of nitrogens with zero attached hydrogens (tertiary/aromatic N) is 4. The van der Waals surface area contributed by atoms with Crippen LogP contribution in [0, 0.1) is 5.92 Å². The highest BCUT2D eigenvalue weighted by molar-refractivity contribution is 5.91. The molecule has 1 fully saturated rings. The summed E-state index contributed by atoms with van der Waals surface area (Å²) in [6, 6.07) is 7.71. The highest BCUT2D eigenvalue weighted by Crippen LogP contribution is 2.42. The van der Waals surface area contributed by atoms with Crippen molar-refractivity contribution in [2.24, 2.45) is 13.0 Å². The molecule has 0 bridgehead atoms. The van der Waals surface area contributed by atoms with Crippen LogP contribution in [-0.2, 0) is 39.6 Å². The Morgan fingerprint density at radius 2 is 2.09 bits per heavy atom. The Balaban J connectivity index is 1.41. The monoisotopic (exact) mass is 470 g/mol. The number of fused-ring (bicyclic) bond motifs is 1. The minimum absolute atomic E-state index is 0.198. The van der Waals surface area contributed by atoms with Crippen LogP contribution < -0.4 is 0 Å². The number of amides is 1. The Labute approximate surface area is 193 Å². The van der Waals surface area contributed by atoms with Crippen molar-refractivity contribution < 1.29 is 27.5 Å². The predicted octanol–water partition coefficient (Wildman–Crippen LogP) is 2.80. The highest BCUT2D eigenvalue weighted by atomic mass is 19.4. The lowest BCUT2D eigenvalue weighted by Gasteiger charge is -2.42. The fourth-order valence-corrected chi connectivity index (χ4v) is 4.63. The molecule has 1 atom stereocenters. The average molecular weight is 470 g/mol. The lowest BCUT2D eigenvalue weighted by Crippen LogP contribution is -2.49. The van der Waals surface area contributed by atoms with E-state index in [1.165, 1.54) is 6.08 Å². The molecule has 176 valence electrons. The van der Waals surface area contributed by atoms with Crippen molar-refractivity contribution in [3.8, 4) is 0 Å². The molecule has 34 heavy (non-hydrogen) atoms.